The number of nitrogens with one attached hydrogen (secondary N) is 1. The van der Waals surface area contributed by atoms with Crippen LogP contribution in [0.1, 0.15) is 26.3 Å². The number of anilines is 1. The van der Waals surface area contributed by atoms with Crippen LogP contribution in [0.2, 0.25) is 10.0 Å². The number of hydrogen-bond donors (Lipinski definition) is 1. The van der Waals surface area contributed by atoms with Crippen molar-refractivity contribution in [1.82, 2.24) is 0 Å². The predicted octanol–water partition coefficient (Wildman–Crippen LogP) is 5.49. The van der Waals surface area contributed by atoms with Gasteiger partial charge >= 0.3 is 0 Å². The van der Waals surface area contributed by atoms with Crippen LogP contribution in [0.3, 0.4) is 0 Å². The molecular weight excluding hydrogens is 385 g/mol. The van der Waals surface area contributed by atoms with Crippen LogP contribution in [-0.4, -0.2) is 18.8 Å². The largest absolute Gasteiger partial charge is 0.496 e. The molecule has 0 aliphatic carbocycles. The summed E-state index contributed by atoms with van der Waals surface area (Å²) in [6.45, 7) is 0. The number of carbonyl (C=O) groups excluding carboxylic acids is 2. The zero-order chi connectivity index (χ0) is 19.4. The van der Waals surface area contributed by atoms with Crippen LogP contribution in [0, 0.1) is 0 Å². The third-order valence-electron chi connectivity index (χ3n) is 3.92. The zero-order valence-electron chi connectivity index (χ0n) is 14.3. The van der Waals surface area contributed by atoms with Gasteiger partial charge in [-0.3, -0.25) is 9.59 Å². The van der Waals surface area contributed by atoms with Gasteiger partial charge in [0.1, 0.15) is 5.75 Å². The predicted molar refractivity (Wildman–Crippen MR) is 107 cm³/mol. The second-order valence-corrected chi connectivity index (χ2v) is 6.56. The summed E-state index contributed by atoms with van der Waals surface area (Å²) >= 11 is 12.1. The molecule has 6 heteroatoms. The van der Waals surface area contributed by atoms with Crippen LogP contribution in [0.5, 0.6) is 5.75 Å². The summed E-state index contributed by atoms with van der Waals surface area (Å²) in [6.07, 6.45) is 0. The fourth-order valence-electron chi connectivity index (χ4n) is 2.61. The molecule has 1 amide bonds. The maximum atomic E-state index is 12.9. The number of hydrogen-bond acceptors (Lipinski definition) is 3. The van der Waals surface area contributed by atoms with E-state index in [1.165, 1.54) is 19.2 Å². The van der Waals surface area contributed by atoms with Crippen molar-refractivity contribution in [1.29, 1.82) is 0 Å². The molecule has 0 spiro atoms. The topological polar surface area (TPSA) is 55.4 Å². The van der Waals surface area contributed by atoms with Gasteiger partial charge in [0.2, 0.25) is 0 Å². The monoisotopic (exact) mass is 399 g/mol. The first-order valence-electron chi connectivity index (χ1n) is 8.04. The number of ketones is 1. The van der Waals surface area contributed by atoms with Crippen molar-refractivity contribution in [3.8, 4) is 5.75 Å². The first-order chi connectivity index (χ1) is 13.0. The molecule has 0 aliphatic rings. The summed E-state index contributed by atoms with van der Waals surface area (Å²) in [7, 11) is 1.46. The molecule has 3 aromatic rings. The van der Waals surface area contributed by atoms with Gasteiger partial charge in [0.05, 0.1) is 18.4 Å². The molecule has 0 bridgehead atoms. The zero-order valence-corrected chi connectivity index (χ0v) is 15.8. The van der Waals surface area contributed by atoms with E-state index in [0.717, 1.165) is 0 Å². The van der Waals surface area contributed by atoms with Gasteiger partial charge in [0.15, 0.2) is 5.78 Å². The van der Waals surface area contributed by atoms with Gasteiger partial charge in [-0.15, -0.1) is 0 Å². The van der Waals surface area contributed by atoms with Gasteiger partial charge in [-0.25, -0.2) is 0 Å². The molecule has 0 radical (unpaired) electrons. The maximum absolute atomic E-state index is 12.9. The average Bonchev–Trinajstić information content (AvgIpc) is 2.69. The van der Waals surface area contributed by atoms with Gasteiger partial charge in [0.25, 0.3) is 5.91 Å². The lowest BCUT2D eigenvalue weighted by Gasteiger charge is -2.13. The highest BCUT2D eigenvalue weighted by Crippen LogP contribution is 2.27. The Hall–Kier alpha value is -2.82. The molecule has 1 N–H and O–H groups in total. The van der Waals surface area contributed by atoms with E-state index >= 15 is 0 Å². The van der Waals surface area contributed by atoms with E-state index in [0.29, 0.717) is 32.6 Å². The van der Waals surface area contributed by atoms with E-state index in [1.807, 2.05) is 6.07 Å². The quantitative estimate of drug-likeness (QED) is 0.577. The van der Waals surface area contributed by atoms with Crippen LogP contribution in [0.15, 0.2) is 66.7 Å². The van der Waals surface area contributed by atoms with Crippen molar-refractivity contribution < 1.29 is 14.3 Å². The highest BCUT2D eigenvalue weighted by Gasteiger charge is 2.18. The minimum atomic E-state index is -0.446. The van der Waals surface area contributed by atoms with E-state index in [-0.39, 0.29) is 11.3 Å². The number of halogens is 2. The highest BCUT2D eigenvalue weighted by molar-refractivity contribution is 6.32. The molecule has 3 aromatic carbocycles. The molecule has 0 fully saturated rings. The Balaban J connectivity index is 1.97. The third-order valence-corrected chi connectivity index (χ3v) is 4.39. The van der Waals surface area contributed by atoms with Crippen LogP contribution in [-0.2, 0) is 0 Å². The minimum Gasteiger partial charge on any atom is -0.496 e. The molecule has 0 heterocycles. The molecule has 3 rings (SSSR count). The first-order valence-corrected chi connectivity index (χ1v) is 8.79. The van der Waals surface area contributed by atoms with E-state index < -0.39 is 5.91 Å². The Morgan fingerprint density at radius 3 is 2.15 bits per heavy atom. The lowest BCUT2D eigenvalue weighted by Crippen LogP contribution is -2.16. The molecule has 0 saturated heterocycles. The van der Waals surface area contributed by atoms with Crippen molar-refractivity contribution in [3.05, 3.63) is 93.5 Å². The second-order valence-electron chi connectivity index (χ2n) is 5.68. The summed E-state index contributed by atoms with van der Waals surface area (Å²) in [5.74, 6) is -0.313. The standard InChI is InChI=1S/C21H15Cl2NO3/c1-27-19-10-8-15(23)12-17(19)21(26)24-18-9-7-14(22)11-16(18)20(25)13-5-3-2-4-6-13/h2-12H,1H3,(H,24,26). The summed E-state index contributed by atoms with van der Waals surface area (Å²) in [5.41, 5.74) is 1.40. The van der Waals surface area contributed by atoms with Crippen molar-refractivity contribution in [2.45, 2.75) is 0 Å². The maximum Gasteiger partial charge on any atom is 0.259 e. The Labute approximate surface area is 166 Å². The Morgan fingerprint density at radius 2 is 1.48 bits per heavy atom. The average molecular weight is 400 g/mol. The fourth-order valence-corrected chi connectivity index (χ4v) is 2.95. The Kier molecular flexibility index (Phi) is 5.79. The molecular formula is C21H15Cl2NO3. The van der Waals surface area contributed by atoms with Gasteiger partial charge < -0.3 is 10.1 Å². The second kappa shape index (κ2) is 8.25. The van der Waals surface area contributed by atoms with Gasteiger partial charge in [-0.05, 0) is 36.4 Å². The number of benzene rings is 3. The minimum absolute atomic E-state index is 0.244. The number of ether oxygens (including phenoxy) is 1. The van der Waals surface area contributed by atoms with E-state index in [9.17, 15) is 9.59 Å². The van der Waals surface area contributed by atoms with Gasteiger partial charge in [-0.2, -0.15) is 0 Å². The Morgan fingerprint density at radius 1 is 0.852 bits per heavy atom. The number of amides is 1. The van der Waals surface area contributed by atoms with Crippen LogP contribution in [0.25, 0.3) is 0 Å². The van der Waals surface area contributed by atoms with E-state index in [1.54, 1.807) is 48.5 Å². The smallest absolute Gasteiger partial charge is 0.259 e. The number of methoxy groups -OCH3 is 1. The summed E-state index contributed by atoms with van der Waals surface area (Å²) < 4.78 is 5.22. The SMILES string of the molecule is COc1ccc(Cl)cc1C(=O)Nc1ccc(Cl)cc1C(=O)c1ccccc1. The molecule has 136 valence electrons. The van der Waals surface area contributed by atoms with Crippen LogP contribution in [0.4, 0.5) is 5.69 Å². The molecule has 0 aliphatic heterocycles. The fraction of sp³-hybridized carbons (Fsp3) is 0.0476. The molecule has 0 aromatic heterocycles. The first kappa shape index (κ1) is 19.0. The molecule has 0 saturated carbocycles. The van der Waals surface area contributed by atoms with Crippen LogP contribution >= 0.6 is 23.2 Å². The number of rotatable bonds is 5. The van der Waals surface area contributed by atoms with Gasteiger partial charge in [-0.1, -0.05) is 53.5 Å². The van der Waals surface area contributed by atoms with Crippen molar-refractivity contribution in [2.75, 3.05) is 12.4 Å². The van der Waals surface area contributed by atoms with E-state index in [2.05, 4.69) is 5.32 Å². The van der Waals surface area contributed by atoms with Crippen molar-refractivity contribution in [2.24, 2.45) is 0 Å². The molecule has 27 heavy (non-hydrogen) atoms. The van der Waals surface area contributed by atoms with Crippen molar-refractivity contribution in [3.63, 3.8) is 0 Å². The Bertz CT molecular complexity index is 1000. The van der Waals surface area contributed by atoms with Crippen molar-refractivity contribution >= 4 is 40.6 Å². The third kappa shape index (κ3) is 4.30. The van der Waals surface area contributed by atoms with Gasteiger partial charge in [0, 0.05) is 21.2 Å². The lowest BCUT2D eigenvalue weighted by molar-refractivity contribution is 0.102. The highest BCUT2D eigenvalue weighted by atomic mass is 35.5. The van der Waals surface area contributed by atoms with E-state index in [4.69, 9.17) is 27.9 Å². The van der Waals surface area contributed by atoms with Crippen LogP contribution < -0.4 is 10.1 Å². The number of carbonyl (C=O) groups is 2. The molecule has 0 atom stereocenters. The molecule has 4 nitrogen and oxygen atoms in total. The molecule has 0 unspecified atom stereocenters. The lowest BCUT2D eigenvalue weighted by atomic mass is 10.0. The summed E-state index contributed by atoms with van der Waals surface area (Å²) in [5, 5.41) is 3.55. The summed E-state index contributed by atoms with van der Waals surface area (Å²) in [4.78, 5) is 25.6. The summed E-state index contributed by atoms with van der Waals surface area (Å²) in [6, 6.07) is 18.2. The normalized spacial score (nSPS) is 10.3.